The summed E-state index contributed by atoms with van der Waals surface area (Å²) < 4.78 is 8.40. The number of hydrogen-bond donors (Lipinski definition) is 1. The van der Waals surface area contributed by atoms with Crippen LogP contribution in [0.25, 0.3) is 0 Å². The van der Waals surface area contributed by atoms with Crippen molar-refractivity contribution >= 4 is 5.82 Å². The predicted octanol–water partition coefficient (Wildman–Crippen LogP) is -0.813. The topological polar surface area (TPSA) is 94.3 Å². The number of nitrogens with one attached hydrogen (secondary N) is 1. The van der Waals surface area contributed by atoms with Gasteiger partial charge < -0.3 is 10.1 Å². The summed E-state index contributed by atoms with van der Waals surface area (Å²) in [7, 11) is 3.17. The first-order valence-electron chi connectivity index (χ1n) is 8.16. The van der Waals surface area contributed by atoms with Crippen molar-refractivity contribution in [1.29, 1.82) is 0 Å². The van der Waals surface area contributed by atoms with Crippen LogP contribution in [0.2, 0.25) is 0 Å². The number of morpholine rings is 1. The highest BCUT2D eigenvalue weighted by Gasteiger charge is 2.21. The van der Waals surface area contributed by atoms with E-state index in [1.807, 2.05) is 12.1 Å². The molecule has 0 aromatic carbocycles. The van der Waals surface area contributed by atoms with Gasteiger partial charge in [-0.1, -0.05) is 0 Å². The Hall–Kier alpha value is -2.52. The van der Waals surface area contributed by atoms with Crippen molar-refractivity contribution in [1.82, 2.24) is 24.2 Å². The fourth-order valence-corrected chi connectivity index (χ4v) is 2.82. The monoisotopic (exact) mass is 346 g/mol. The van der Waals surface area contributed by atoms with Crippen molar-refractivity contribution in [2.75, 3.05) is 31.6 Å². The Labute approximate surface area is 144 Å². The summed E-state index contributed by atoms with van der Waals surface area (Å²) in [5.74, 6) is 0.706. The highest BCUT2D eigenvalue weighted by atomic mass is 16.5. The summed E-state index contributed by atoms with van der Waals surface area (Å²) in [4.78, 5) is 26.1. The lowest BCUT2D eigenvalue weighted by Gasteiger charge is -2.33. The molecular formula is C16H22N6O3. The zero-order chi connectivity index (χ0) is 17.8. The Bertz CT molecular complexity index is 832. The fourth-order valence-electron chi connectivity index (χ4n) is 2.82. The molecule has 1 saturated heterocycles. The smallest absolute Gasteiger partial charge is 0.330 e. The van der Waals surface area contributed by atoms with Gasteiger partial charge in [0.25, 0.3) is 5.56 Å². The molecule has 3 rings (SSSR count). The molecule has 2 aromatic rings. The maximum Gasteiger partial charge on any atom is 0.330 e. The van der Waals surface area contributed by atoms with Gasteiger partial charge in [0.1, 0.15) is 5.82 Å². The van der Waals surface area contributed by atoms with E-state index >= 15 is 0 Å². The predicted molar refractivity (Wildman–Crippen MR) is 92.5 cm³/mol. The normalized spacial score (nSPS) is 18.2. The summed E-state index contributed by atoms with van der Waals surface area (Å²) in [6.07, 6.45) is 1.62. The van der Waals surface area contributed by atoms with Crippen LogP contribution in [0, 0.1) is 0 Å². The van der Waals surface area contributed by atoms with Crippen LogP contribution in [0.5, 0.6) is 0 Å². The van der Waals surface area contributed by atoms with Gasteiger partial charge in [0.15, 0.2) is 0 Å². The molecule has 1 aliphatic rings. The van der Waals surface area contributed by atoms with E-state index in [4.69, 9.17) is 4.74 Å². The van der Waals surface area contributed by atoms with Crippen LogP contribution in [0.15, 0.2) is 34.0 Å². The van der Waals surface area contributed by atoms with Crippen LogP contribution in [0.1, 0.15) is 5.69 Å². The molecule has 1 aliphatic heterocycles. The van der Waals surface area contributed by atoms with E-state index in [2.05, 4.69) is 20.4 Å². The number of aromatic nitrogens is 4. The molecule has 1 fully saturated rings. The first-order valence-corrected chi connectivity index (χ1v) is 8.16. The van der Waals surface area contributed by atoms with Gasteiger partial charge in [0.05, 0.1) is 12.7 Å². The standard InChI is InChI=1S/C16H22N6O3/c1-20-12(8-15(23)21(2)16(20)24)10-22-6-7-25-13(11-22)9-17-14-4-3-5-18-19-14/h3-5,8,13H,6-7,9-11H2,1-2H3,(H,17,19)/t13-/m1/s1. The van der Waals surface area contributed by atoms with E-state index in [1.165, 1.54) is 17.7 Å². The van der Waals surface area contributed by atoms with Crippen molar-refractivity contribution < 1.29 is 4.74 Å². The largest absolute Gasteiger partial charge is 0.374 e. The second kappa shape index (κ2) is 7.58. The molecule has 0 aliphatic carbocycles. The molecule has 2 aromatic heterocycles. The van der Waals surface area contributed by atoms with Gasteiger partial charge in [-0.15, -0.1) is 5.10 Å². The average molecular weight is 346 g/mol. The Morgan fingerprint density at radius 1 is 1.32 bits per heavy atom. The average Bonchev–Trinajstić information content (AvgIpc) is 2.64. The van der Waals surface area contributed by atoms with E-state index in [0.717, 1.165) is 11.1 Å². The molecule has 3 heterocycles. The molecule has 9 heteroatoms. The van der Waals surface area contributed by atoms with Crippen molar-refractivity contribution in [2.24, 2.45) is 14.1 Å². The third kappa shape index (κ3) is 4.12. The second-order valence-corrected chi connectivity index (χ2v) is 6.09. The van der Waals surface area contributed by atoms with Gasteiger partial charge in [-0.05, 0) is 12.1 Å². The molecular weight excluding hydrogens is 324 g/mol. The highest BCUT2D eigenvalue weighted by Crippen LogP contribution is 2.10. The van der Waals surface area contributed by atoms with Gasteiger partial charge in [-0.25, -0.2) is 4.79 Å². The lowest BCUT2D eigenvalue weighted by Crippen LogP contribution is -2.46. The lowest BCUT2D eigenvalue weighted by molar-refractivity contribution is -0.0248. The zero-order valence-corrected chi connectivity index (χ0v) is 14.4. The number of hydrogen-bond acceptors (Lipinski definition) is 7. The highest BCUT2D eigenvalue weighted by molar-refractivity contribution is 5.31. The first kappa shape index (κ1) is 17.3. The minimum atomic E-state index is -0.309. The van der Waals surface area contributed by atoms with E-state index in [-0.39, 0.29) is 17.4 Å². The Kier molecular flexibility index (Phi) is 5.25. The Balaban J connectivity index is 1.62. The van der Waals surface area contributed by atoms with Crippen LogP contribution in [0.3, 0.4) is 0 Å². The molecule has 0 radical (unpaired) electrons. The maximum atomic E-state index is 12.0. The quantitative estimate of drug-likeness (QED) is 0.756. The third-order valence-electron chi connectivity index (χ3n) is 4.32. The number of ether oxygens (including phenoxy) is 1. The van der Waals surface area contributed by atoms with Crippen LogP contribution >= 0.6 is 0 Å². The number of rotatable bonds is 5. The van der Waals surface area contributed by atoms with Gasteiger partial charge >= 0.3 is 5.69 Å². The van der Waals surface area contributed by atoms with Gasteiger partial charge in [-0.2, -0.15) is 5.10 Å². The second-order valence-electron chi connectivity index (χ2n) is 6.09. The Morgan fingerprint density at radius 3 is 2.92 bits per heavy atom. The minimum absolute atomic E-state index is 0.000621. The summed E-state index contributed by atoms with van der Waals surface area (Å²) in [5, 5.41) is 11.0. The van der Waals surface area contributed by atoms with Crippen LogP contribution in [-0.4, -0.2) is 56.6 Å². The summed E-state index contributed by atoms with van der Waals surface area (Å²) >= 11 is 0. The van der Waals surface area contributed by atoms with E-state index in [9.17, 15) is 9.59 Å². The number of nitrogens with zero attached hydrogens (tertiary/aromatic N) is 5. The van der Waals surface area contributed by atoms with Gasteiger partial charge in [0.2, 0.25) is 0 Å². The fraction of sp³-hybridized carbons (Fsp3) is 0.500. The van der Waals surface area contributed by atoms with Crippen LogP contribution in [0.4, 0.5) is 5.82 Å². The Morgan fingerprint density at radius 2 is 2.16 bits per heavy atom. The first-order chi connectivity index (χ1) is 12.0. The zero-order valence-electron chi connectivity index (χ0n) is 14.4. The van der Waals surface area contributed by atoms with Crippen molar-refractivity contribution in [2.45, 2.75) is 12.6 Å². The molecule has 0 unspecified atom stereocenters. The van der Waals surface area contributed by atoms with E-state index in [1.54, 1.807) is 13.2 Å². The molecule has 0 amide bonds. The van der Waals surface area contributed by atoms with Crippen molar-refractivity contribution in [3.8, 4) is 0 Å². The molecule has 0 spiro atoms. The van der Waals surface area contributed by atoms with Crippen LogP contribution < -0.4 is 16.6 Å². The van der Waals surface area contributed by atoms with Crippen molar-refractivity contribution in [3.05, 3.63) is 50.9 Å². The molecule has 1 atom stereocenters. The van der Waals surface area contributed by atoms with Crippen LogP contribution in [-0.2, 0) is 25.4 Å². The lowest BCUT2D eigenvalue weighted by atomic mass is 10.2. The molecule has 1 N–H and O–H groups in total. The molecule has 134 valence electrons. The van der Waals surface area contributed by atoms with E-state index < -0.39 is 0 Å². The van der Waals surface area contributed by atoms with Crippen molar-refractivity contribution in [3.63, 3.8) is 0 Å². The molecule has 0 bridgehead atoms. The van der Waals surface area contributed by atoms with Gasteiger partial charge in [0, 0.05) is 58.2 Å². The minimum Gasteiger partial charge on any atom is -0.374 e. The number of anilines is 1. The summed E-state index contributed by atoms with van der Waals surface area (Å²) in [5.41, 5.74) is 0.111. The third-order valence-corrected chi connectivity index (χ3v) is 4.32. The van der Waals surface area contributed by atoms with E-state index in [0.29, 0.717) is 37.8 Å². The summed E-state index contributed by atoms with van der Waals surface area (Å²) in [6.45, 7) is 3.21. The van der Waals surface area contributed by atoms with Gasteiger partial charge in [-0.3, -0.25) is 18.8 Å². The SMILES string of the molecule is Cn1c(CN2CCO[C@H](CNc3cccnn3)C2)cc(=O)n(C)c1=O. The maximum absolute atomic E-state index is 12.0. The molecule has 25 heavy (non-hydrogen) atoms. The molecule has 0 saturated carbocycles. The summed E-state index contributed by atoms with van der Waals surface area (Å²) in [6, 6.07) is 5.19. The molecule has 9 nitrogen and oxygen atoms in total.